The summed E-state index contributed by atoms with van der Waals surface area (Å²) >= 11 is 0. The number of nitrogens with zero attached hydrogens (tertiary/aromatic N) is 1. The first-order valence-corrected chi connectivity index (χ1v) is 7.28. The molecule has 0 aromatic rings. The minimum absolute atomic E-state index is 0.0197. The number of carbonyl (C=O) groups is 1. The standard InChI is InChI=1S/C15H21NO3/c1-15(7-16,14(17)18)8-19-13-11-3-9-2-10(5-11)6-12(13)4-9/h9-13H,2-6,8H2,1H3,(H,17,18). The molecule has 0 saturated heterocycles. The van der Waals surface area contributed by atoms with E-state index in [1.807, 2.05) is 6.07 Å². The topological polar surface area (TPSA) is 70.3 Å². The molecule has 4 nitrogen and oxygen atoms in total. The first kappa shape index (κ1) is 12.9. The molecule has 0 radical (unpaired) electrons. The van der Waals surface area contributed by atoms with Crippen LogP contribution in [0.4, 0.5) is 0 Å². The second kappa shape index (κ2) is 4.49. The SMILES string of the molecule is CC(C#N)(COC1C2CC3CC(C2)CC1C3)C(=O)O. The number of ether oxygens (including phenoxy) is 1. The lowest BCUT2D eigenvalue weighted by atomic mass is 9.55. The van der Waals surface area contributed by atoms with Gasteiger partial charge in [0, 0.05) is 0 Å². The van der Waals surface area contributed by atoms with Crippen LogP contribution in [0, 0.1) is 40.4 Å². The maximum atomic E-state index is 11.1. The van der Waals surface area contributed by atoms with Gasteiger partial charge in [0.25, 0.3) is 0 Å². The van der Waals surface area contributed by atoms with Crippen LogP contribution in [0.1, 0.15) is 39.0 Å². The van der Waals surface area contributed by atoms with Gasteiger partial charge in [-0.25, -0.2) is 0 Å². The van der Waals surface area contributed by atoms with Crippen LogP contribution in [0.25, 0.3) is 0 Å². The van der Waals surface area contributed by atoms with Crippen molar-refractivity contribution in [3.63, 3.8) is 0 Å². The summed E-state index contributed by atoms with van der Waals surface area (Å²) in [5, 5.41) is 18.1. The quantitative estimate of drug-likeness (QED) is 0.845. The van der Waals surface area contributed by atoms with Crippen molar-refractivity contribution < 1.29 is 14.6 Å². The van der Waals surface area contributed by atoms with Crippen LogP contribution in [-0.2, 0) is 9.53 Å². The molecule has 0 aromatic carbocycles. The van der Waals surface area contributed by atoms with E-state index < -0.39 is 11.4 Å². The molecule has 4 fully saturated rings. The summed E-state index contributed by atoms with van der Waals surface area (Å²) in [6.45, 7) is 1.47. The molecule has 1 atom stereocenters. The van der Waals surface area contributed by atoms with Crippen LogP contribution in [0.2, 0.25) is 0 Å². The largest absolute Gasteiger partial charge is 0.480 e. The van der Waals surface area contributed by atoms with E-state index in [2.05, 4.69) is 0 Å². The third kappa shape index (κ3) is 2.14. The highest BCUT2D eigenvalue weighted by atomic mass is 16.5. The van der Waals surface area contributed by atoms with Gasteiger partial charge in [-0.3, -0.25) is 4.79 Å². The lowest BCUT2D eigenvalue weighted by Crippen LogP contribution is -2.50. The molecule has 1 N–H and O–H groups in total. The molecule has 4 aliphatic carbocycles. The highest BCUT2D eigenvalue weighted by Gasteiger charge is 2.49. The summed E-state index contributed by atoms with van der Waals surface area (Å²) in [6, 6.07) is 1.88. The number of carboxylic acids is 1. The predicted octanol–water partition coefficient (Wildman–Crippen LogP) is 2.44. The maximum absolute atomic E-state index is 11.1. The van der Waals surface area contributed by atoms with Crippen molar-refractivity contribution in [3.8, 4) is 6.07 Å². The Labute approximate surface area is 113 Å². The zero-order valence-corrected chi connectivity index (χ0v) is 11.3. The molecular weight excluding hydrogens is 242 g/mol. The minimum atomic E-state index is -1.41. The van der Waals surface area contributed by atoms with Gasteiger partial charge in [0.1, 0.15) is 0 Å². The van der Waals surface area contributed by atoms with Gasteiger partial charge >= 0.3 is 5.97 Å². The van der Waals surface area contributed by atoms with E-state index in [-0.39, 0.29) is 12.7 Å². The van der Waals surface area contributed by atoms with Crippen LogP contribution in [0.15, 0.2) is 0 Å². The third-order valence-corrected chi connectivity index (χ3v) is 5.42. The lowest BCUT2D eigenvalue weighted by Gasteiger charge is -2.54. The molecule has 19 heavy (non-hydrogen) atoms. The third-order valence-electron chi connectivity index (χ3n) is 5.42. The van der Waals surface area contributed by atoms with Crippen LogP contribution >= 0.6 is 0 Å². The fraction of sp³-hybridized carbons (Fsp3) is 0.867. The monoisotopic (exact) mass is 263 g/mol. The van der Waals surface area contributed by atoms with Gasteiger partial charge in [-0.15, -0.1) is 0 Å². The molecule has 4 saturated carbocycles. The molecule has 0 spiro atoms. The zero-order chi connectivity index (χ0) is 13.6. The number of hydrogen-bond acceptors (Lipinski definition) is 3. The Morgan fingerprint density at radius 2 is 1.79 bits per heavy atom. The Morgan fingerprint density at radius 1 is 1.26 bits per heavy atom. The molecular formula is C15H21NO3. The fourth-order valence-electron chi connectivity index (χ4n) is 4.55. The van der Waals surface area contributed by atoms with Crippen LogP contribution in [0.3, 0.4) is 0 Å². The average molecular weight is 263 g/mol. The van der Waals surface area contributed by atoms with E-state index >= 15 is 0 Å². The van der Waals surface area contributed by atoms with Crippen LogP contribution in [-0.4, -0.2) is 23.8 Å². The van der Waals surface area contributed by atoms with E-state index in [0.29, 0.717) is 11.8 Å². The van der Waals surface area contributed by atoms with Gasteiger partial charge < -0.3 is 9.84 Å². The van der Waals surface area contributed by atoms with E-state index in [1.165, 1.54) is 39.0 Å². The van der Waals surface area contributed by atoms with Crippen molar-refractivity contribution in [2.24, 2.45) is 29.1 Å². The first-order valence-electron chi connectivity index (χ1n) is 7.28. The van der Waals surface area contributed by atoms with Crippen molar-refractivity contribution >= 4 is 5.97 Å². The molecule has 104 valence electrons. The number of carboxylic acid groups (broad SMARTS) is 1. The molecule has 4 aliphatic rings. The highest BCUT2D eigenvalue weighted by molar-refractivity contribution is 5.77. The Morgan fingerprint density at radius 3 is 2.21 bits per heavy atom. The normalized spacial score (nSPS) is 42.6. The lowest BCUT2D eigenvalue weighted by molar-refractivity contribution is -0.160. The van der Waals surface area contributed by atoms with Crippen molar-refractivity contribution in [2.75, 3.05) is 6.61 Å². The summed E-state index contributed by atoms with van der Waals surface area (Å²) in [7, 11) is 0. The van der Waals surface area contributed by atoms with Gasteiger partial charge in [0.15, 0.2) is 5.41 Å². The zero-order valence-electron chi connectivity index (χ0n) is 11.3. The number of rotatable bonds is 4. The number of hydrogen-bond donors (Lipinski definition) is 1. The Kier molecular flexibility index (Phi) is 3.05. The van der Waals surface area contributed by atoms with E-state index in [9.17, 15) is 4.79 Å². The Hall–Kier alpha value is -1.08. The summed E-state index contributed by atoms with van der Waals surface area (Å²) in [5.74, 6) is 1.88. The molecule has 0 aliphatic heterocycles. The average Bonchev–Trinajstić information content (AvgIpc) is 2.36. The van der Waals surface area contributed by atoms with Gasteiger partial charge in [-0.2, -0.15) is 5.26 Å². The summed E-state index contributed by atoms with van der Waals surface area (Å²) in [5.41, 5.74) is -1.41. The van der Waals surface area contributed by atoms with Gasteiger partial charge in [0.05, 0.1) is 18.8 Å². The second-order valence-electron chi connectivity index (χ2n) is 6.96. The second-order valence-corrected chi connectivity index (χ2v) is 6.96. The van der Waals surface area contributed by atoms with Crippen molar-refractivity contribution in [3.05, 3.63) is 0 Å². The minimum Gasteiger partial charge on any atom is -0.480 e. The summed E-state index contributed by atoms with van der Waals surface area (Å²) in [4.78, 5) is 11.1. The molecule has 4 bridgehead atoms. The van der Waals surface area contributed by atoms with Crippen LogP contribution < -0.4 is 0 Å². The molecule has 4 rings (SSSR count). The molecule has 0 heterocycles. The van der Waals surface area contributed by atoms with E-state index in [4.69, 9.17) is 15.1 Å². The molecule has 1 unspecified atom stereocenters. The summed E-state index contributed by atoms with van der Waals surface area (Å²) < 4.78 is 5.93. The van der Waals surface area contributed by atoms with Gasteiger partial charge in [-0.05, 0) is 62.7 Å². The Balaban J connectivity index is 1.65. The van der Waals surface area contributed by atoms with Crippen molar-refractivity contribution in [1.82, 2.24) is 0 Å². The van der Waals surface area contributed by atoms with Crippen LogP contribution in [0.5, 0.6) is 0 Å². The summed E-state index contributed by atoms with van der Waals surface area (Å²) in [6.07, 6.45) is 6.56. The number of aliphatic carboxylic acids is 1. The van der Waals surface area contributed by atoms with E-state index in [1.54, 1.807) is 0 Å². The van der Waals surface area contributed by atoms with Gasteiger partial charge in [0.2, 0.25) is 0 Å². The van der Waals surface area contributed by atoms with Crippen molar-refractivity contribution in [2.45, 2.75) is 45.1 Å². The van der Waals surface area contributed by atoms with Gasteiger partial charge in [-0.1, -0.05) is 0 Å². The highest BCUT2D eigenvalue weighted by Crippen LogP contribution is 2.54. The molecule has 0 amide bonds. The molecule has 4 heteroatoms. The van der Waals surface area contributed by atoms with Crippen molar-refractivity contribution in [1.29, 1.82) is 5.26 Å². The predicted molar refractivity (Wildman–Crippen MR) is 68.1 cm³/mol. The Bertz CT molecular complexity index is 400. The maximum Gasteiger partial charge on any atom is 0.326 e. The number of nitriles is 1. The molecule has 0 aromatic heterocycles. The van der Waals surface area contributed by atoms with E-state index in [0.717, 1.165) is 11.8 Å². The smallest absolute Gasteiger partial charge is 0.326 e. The first-order chi connectivity index (χ1) is 9.01. The fourth-order valence-corrected chi connectivity index (χ4v) is 4.55.